The summed E-state index contributed by atoms with van der Waals surface area (Å²) in [6.07, 6.45) is 1.28. The summed E-state index contributed by atoms with van der Waals surface area (Å²) < 4.78 is 32.3. The number of ether oxygens (including phenoxy) is 6. The van der Waals surface area contributed by atoms with Crippen molar-refractivity contribution >= 4 is 11.9 Å². The fourth-order valence-corrected chi connectivity index (χ4v) is 5.00. The number of carbonyl (C=O) groups excluding carboxylic acids is 2. The lowest BCUT2D eigenvalue weighted by molar-refractivity contribution is -0.336. The molecule has 2 saturated carbocycles. The van der Waals surface area contributed by atoms with E-state index in [1.54, 1.807) is 28.4 Å². The van der Waals surface area contributed by atoms with Crippen LogP contribution in [0.15, 0.2) is 0 Å². The van der Waals surface area contributed by atoms with Crippen LogP contribution in [0.25, 0.3) is 0 Å². The molecule has 2 saturated heterocycles. The zero-order valence-electron chi connectivity index (χ0n) is 16.7. The zero-order valence-corrected chi connectivity index (χ0v) is 16.7. The average molecular weight is 400 g/mol. The lowest BCUT2D eigenvalue weighted by Crippen LogP contribution is -2.75. The number of rotatable bonds is 6. The van der Waals surface area contributed by atoms with Crippen LogP contribution in [0.3, 0.4) is 0 Å². The second kappa shape index (κ2) is 6.61. The second-order valence-electron chi connectivity index (χ2n) is 8.40. The third kappa shape index (κ3) is 2.78. The molecular weight excluding hydrogens is 372 g/mol. The number of carbonyl (C=O) groups is 2. The molecule has 2 unspecified atom stereocenters. The van der Waals surface area contributed by atoms with E-state index in [2.05, 4.69) is 10.6 Å². The molecule has 0 aromatic rings. The molecule has 158 valence electrons. The summed E-state index contributed by atoms with van der Waals surface area (Å²) in [6, 6.07) is 0. The average Bonchev–Trinajstić information content (AvgIpc) is 2.62. The van der Waals surface area contributed by atoms with E-state index < -0.39 is 36.0 Å². The summed E-state index contributed by atoms with van der Waals surface area (Å²) in [4.78, 5) is 24.5. The Kier molecular flexibility index (Phi) is 4.72. The van der Waals surface area contributed by atoms with E-state index in [0.29, 0.717) is 38.8 Å². The lowest BCUT2D eigenvalue weighted by Gasteiger charge is -2.62. The van der Waals surface area contributed by atoms with Gasteiger partial charge in [0, 0.05) is 78.0 Å². The quantitative estimate of drug-likeness (QED) is 0.343. The Morgan fingerprint density at radius 3 is 1.21 bits per heavy atom. The third-order valence-corrected chi connectivity index (χ3v) is 6.98. The van der Waals surface area contributed by atoms with Crippen molar-refractivity contribution in [2.45, 2.75) is 49.7 Å². The highest BCUT2D eigenvalue weighted by molar-refractivity contribution is 6.29. The normalized spacial score (nSPS) is 32.4. The molecule has 2 heterocycles. The molecule has 2 N–H and O–H groups in total. The van der Waals surface area contributed by atoms with E-state index in [-0.39, 0.29) is 10.8 Å². The SMILES string of the molecule is COC1(OC)CC2(CNC2OC(=O)C(=O)OC2NCC23CC(OC)(OC)C3)C1. The smallest absolute Gasteiger partial charge is 0.419 e. The van der Waals surface area contributed by atoms with Gasteiger partial charge in [-0.05, 0) is 0 Å². The fourth-order valence-electron chi connectivity index (χ4n) is 5.00. The first kappa shape index (κ1) is 20.0. The molecule has 0 aromatic heterocycles. The second-order valence-corrected chi connectivity index (χ2v) is 8.40. The summed E-state index contributed by atoms with van der Waals surface area (Å²) in [5, 5.41) is 6.09. The van der Waals surface area contributed by atoms with E-state index in [9.17, 15) is 9.59 Å². The first-order chi connectivity index (χ1) is 13.3. The van der Waals surface area contributed by atoms with Gasteiger partial charge in [-0.3, -0.25) is 10.6 Å². The standard InChI is InChI=1S/C18H28N2O8/c1-23-17(24-2)5-15(6-17)9-19-13(15)27-11(21)12(22)28-14-16(10-20-14)7-18(8-16,25-3)26-4/h13-14,19-20H,5-10H2,1-4H3. The van der Waals surface area contributed by atoms with Crippen LogP contribution in [0.4, 0.5) is 0 Å². The van der Waals surface area contributed by atoms with Crippen LogP contribution in [-0.2, 0) is 38.0 Å². The van der Waals surface area contributed by atoms with Gasteiger partial charge in [-0.25, -0.2) is 9.59 Å². The predicted octanol–water partition coefficient (Wildman–Crippen LogP) is -0.530. The molecule has 0 bridgehead atoms. The van der Waals surface area contributed by atoms with Crippen LogP contribution in [0.2, 0.25) is 0 Å². The van der Waals surface area contributed by atoms with Crippen molar-refractivity contribution in [2.24, 2.45) is 10.8 Å². The Balaban J connectivity index is 1.27. The van der Waals surface area contributed by atoms with E-state index in [1.807, 2.05) is 0 Å². The van der Waals surface area contributed by atoms with Crippen LogP contribution >= 0.6 is 0 Å². The van der Waals surface area contributed by atoms with Gasteiger partial charge in [-0.1, -0.05) is 0 Å². The molecule has 0 radical (unpaired) electrons. The van der Waals surface area contributed by atoms with Gasteiger partial charge in [0.2, 0.25) is 0 Å². The molecular formula is C18H28N2O8. The van der Waals surface area contributed by atoms with Gasteiger partial charge in [0.15, 0.2) is 24.0 Å². The molecule has 2 aliphatic carbocycles. The minimum absolute atomic E-state index is 0.262. The number of nitrogens with one attached hydrogen (secondary N) is 2. The van der Waals surface area contributed by atoms with Gasteiger partial charge < -0.3 is 28.4 Å². The lowest BCUT2D eigenvalue weighted by atomic mass is 9.59. The number of hydrogen-bond acceptors (Lipinski definition) is 10. The molecule has 0 aromatic carbocycles. The highest BCUT2D eigenvalue weighted by atomic mass is 16.7. The van der Waals surface area contributed by atoms with E-state index in [4.69, 9.17) is 28.4 Å². The molecule has 4 fully saturated rings. The minimum Gasteiger partial charge on any atom is -0.437 e. The van der Waals surface area contributed by atoms with Crippen LogP contribution in [0.5, 0.6) is 0 Å². The molecule has 4 aliphatic rings. The Bertz CT molecular complexity index is 588. The summed E-state index contributed by atoms with van der Waals surface area (Å²) in [6.45, 7) is 1.36. The van der Waals surface area contributed by atoms with Gasteiger partial charge in [0.05, 0.1) is 0 Å². The third-order valence-electron chi connectivity index (χ3n) is 6.98. The van der Waals surface area contributed by atoms with E-state index in [0.717, 1.165) is 0 Å². The molecule has 10 heteroatoms. The Morgan fingerprint density at radius 2 is 1.00 bits per heavy atom. The van der Waals surface area contributed by atoms with Crippen molar-refractivity contribution in [3.8, 4) is 0 Å². The zero-order chi connectivity index (χ0) is 20.2. The van der Waals surface area contributed by atoms with Crippen molar-refractivity contribution in [3.05, 3.63) is 0 Å². The Morgan fingerprint density at radius 1 is 0.679 bits per heavy atom. The first-order valence-electron chi connectivity index (χ1n) is 9.38. The molecule has 10 nitrogen and oxygen atoms in total. The van der Waals surface area contributed by atoms with E-state index in [1.165, 1.54) is 0 Å². The van der Waals surface area contributed by atoms with Crippen LogP contribution in [0, 0.1) is 10.8 Å². The number of hydrogen-bond donors (Lipinski definition) is 2. The monoisotopic (exact) mass is 400 g/mol. The minimum atomic E-state index is -1.00. The largest absolute Gasteiger partial charge is 0.437 e. The molecule has 2 atom stereocenters. The number of esters is 2. The van der Waals surface area contributed by atoms with Crippen LogP contribution in [0.1, 0.15) is 25.7 Å². The predicted molar refractivity (Wildman–Crippen MR) is 92.6 cm³/mol. The Labute approximate surface area is 163 Å². The maximum absolute atomic E-state index is 12.2. The summed E-state index contributed by atoms with van der Waals surface area (Å²) in [5.41, 5.74) is -0.523. The Hall–Kier alpha value is -1.30. The summed E-state index contributed by atoms with van der Waals surface area (Å²) >= 11 is 0. The summed E-state index contributed by atoms with van der Waals surface area (Å²) in [7, 11) is 6.35. The molecule has 4 rings (SSSR count). The van der Waals surface area contributed by atoms with Gasteiger partial charge in [0.25, 0.3) is 0 Å². The van der Waals surface area contributed by atoms with Crippen LogP contribution < -0.4 is 10.6 Å². The maximum atomic E-state index is 12.2. The maximum Gasteiger partial charge on any atom is 0.419 e. The van der Waals surface area contributed by atoms with Crippen molar-refractivity contribution in [2.75, 3.05) is 41.5 Å². The topological polar surface area (TPSA) is 114 Å². The molecule has 2 aliphatic heterocycles. The highest BCUT2D eigenvalue weighted by Gasteiger charge is 2.67. The van der Waals surface area contributed by atoms with Gasteiger partial charge in [0.1, 0.15) is 0 Å². The van der Waals surface area contributed by atoms with Gasteiger partial charge in [-0.2, -0.15) is 0 Å². The summed E-state index contributed by atoms with van der Waals surface area (Å²) in [5.74, 6) is -3.29. The van der Waals surface area contributed by atoms with Crippen molar-refractivity contribution < 1.29 is 38.0 Å². The van der Waals surface area contributed by atoms with Crippen molar-refractivity contribution in [1.29, 1.82) is 0 Å². The van der Waals surface area contributed by atoms with Crippen LogP contribution in [-0.4, -0.2) is 77.5 Å². The van der Waals surface area contributed by atoms with Gasteiger partial charge in [-0.15, -0.1) is 0 Å². The van der Waals surface area contributed by atoms with Crippen molar-refractivity contribution in [3.63, 3.8) is 0 Å². The van der Waals surface area contributed by atoms with Crippen molar-refractivity contribution in [1.82, 2.24) is 10.6 Å². The van der Waals surface area contributed by atoms with Gasteiger partial charge >= 0.3 is 11.9 Å². The van der Waals surface area contributed by atoms with E-state index >= 15 is 0 Å². The number of methoxy groups -OCH3 is 4. The fraction of sp³-hybridized carbons (Fsp3) is 0.889. The highest BCUT2D eigenvalue weighted by Crippen LogP contribution is 2.57. The molecule has 0 amide bonds. The first-order valence-corrected chi connectivity index (χ1v) is 9.38. The molecule has 28 heavy (non-hydrogen) atoms. The molecule has 2 spiro atoms.